The largest absolute Gasteiger partial charge is 0.462 e. The lowest BCUT2D eigenvalue weighted by Gasteiger charge is -2.15. The molecule has 1 N–H and O–H groups in total. The standard InChI is InChI=1S/C89H168O5/c1-3-5-7-9-11-13-15-17-19-21-23-25-27-29-31-33-35-37-39-41-43-44-46-47-49-51-53-55-57-59-61-63-65-67-69-71-73-75-77-79-81-83-88(91)93-86-87(85-90)94-89(92)84-82-80-78-76-74-72-70-68-66-64-62-60-58-56-54-52-50-48-45-42-40-38-36-34-32-30-28-26-24-22-20-18-16-14-12-10-8-6-4-2/h6,8,12,14,18,20,24,26,87,90H,3-5,7,9-11,13,15-17,19,21-23,25,27-86H2,1-2H3/b8-6-,14-12-,20-18-,26-24-. The van der Waals surface area contributed by atoms with E-state index in [4.69, 9.17) is 9.47 Å². The zero-order valence-electron chi connectivity index (χ0n) is 64.0. The van der Waals surface area contributed by atoms with Crippen molar-refractivity contribution in [2.24, 2.45) is 0 Å². The summed E-state index contributed by atoms with van der Waals surface area (Å²) in [6.07, 6.45) is 117. The summed E-state index contributed by atoms with van der Waals surface area (Å²) in [5.74, 6) is -0.559. The normalized spacial score (nSPS) is 12.3. The molecular weight excluding hydrogens is 1150 g/mol. The summed E-state index contributed by atoms with van der Waals surface area (Å²) in [4.78, 5) is 24.8. The molecule has 0 amide bonds. The highest BCUT2D eigenvalue weighted by Crippen LogP contribution is 2.21. The Bertz CT molecular complexity index is 1550. The van der Waals surface area contributed by atoms with Gasteiger partial charge in [0.25, 0.3) is 0 Å². The van der Waals surface area contributed by atoms with E-state index in [-0.39, 0.29) is 25.2 Å². The van der Waals surface area contributed by atoms with Crippen molar-refractivity contribution < 1.29 is 24.2 Å². The minimum atomic E-state index is -0.770. The average Bonchev–Trinajstić information content (AvgIpc) is 3.65. The lowest BCUT2D eigenvalue weighted by Crippen LogP contribution is -2.28. The van der Waals surface area contributed by atoms with Crippen molar-refractivity contribution in [3.8, 4) is 0 Å². The molecule has 5 nitrogen and oxygen atoms in total. The quantitative estimate of drug-likeness (QED) is 0.0373. The maximum Gasteiger partial charge on any atom is 0.306 e. The smallest absolute Gasteiger partial charge is 0.306 e. The Balaban J connectivity index is 3.33. The minimum Gasteiger partial charge on any atom is -0.462 e. The van der Waals surface area contributed by atoms with Crippen LogP contribution in [-0.2, 0) is 19.1 Å². The third kappa shape index (κ3) is 82.3. The molecule has 0 heterocycles. The number of esters is 2. The second-order valence-electron chi connectivity index (χ2n) is 29.6. The first-order valence-corrected chi connectivity index (χ1v) is 43.2. The van der Waals surface area contributed by atoms with Crippen molar-refractivity contribution in [2.75, 3.05) is 13.2 Å². The Kier molecular flexibility index (Phi) is 83.1. The second-order valence-corrected chi connectivity index (χ2v) is 29.6. The fourth-order valence-electron chi connectivity index (χ4n) is 13.7. The predicted octanol–water partition coefficient (Wildman–Crippen LogP) is 30.6. The van der Waals surface area contributed by atoms with E-state index in [1.807, 2.05) is 0 Å². The van der Waals surface area contributed by atoms with Gasteiger partial charge >= 0.3 is 11.9 Å². The van der Waals surface area contributed by atoms with Gasteiger partial charge in [-0.25, -0.2) is 0 Å². The van der Waals surface area contributed by atoms with Crippen molar-refractivity contribution >= 4 is 11.9 Å². The van der Waals surface area contributed by atoms with Gasteiger partial charge in [0.1, 0.15) is 6.61 Å². The fourth-order valence-corrected chi connectivity index (χ4v) is 13.7. The number of ether oxygens (including phenoxy) is 2. The molecule has 0 aromatic rings. The Hall–Kier alpha value is -2.14. The first-order valence-electron chi connectivity index (χ1n) is 43.2. The summed E-state index contributed by atoms with van der Waals surface area (Å²) < 4.78 is 10.8. The van der Waals surface area contributed by atoms with Crippen molar-refractivity contribution in [3.63, 3.8) is 0 Å². The van der Waals surface area contributed by atoms with E-state index in [0.717, 1.165) is 57.8 Å². The molecule has 554 valence electrons. The zero-order valence-corrected chi connectivity index (χ0v) is 64.0. The van der Waals surface area contributed by atoms with E-state index in [2.05, 4.69) is 62.5 Å². The molecular formula is C89H168O5. The van der Waals surface area contributed by atoms with Crippen LogP contribution in [0.2, 0.25) is 0 Å². The lowest BCUT2D eigenvalue weighted by atomic mass is 10.0. The van der Waals surface area contributed by atoms with Gasteiger partial charge in [0, 0.05) is 12.8 Å². The number of hydrogen-bond donors (Lipinski definition) is 1. The maximum atomic E-state index is 12.4. The number of allylic oxidation sites excluding steroid dienone is 8. The SMILES string of the molecule is CC/C=C\C/C=C\C/C=C\C/C=C\CCCCCCCCCCCCCCCCCCCCCCCCCCCCC(=O)OC(CO)COC(=O)CCCCCCCCCCCCCCCCCCCCCCCCCCCCCCCCCCCCCCCCCCC. The highest BCUT2D eigenvalue weighted by molar-refractivity contribution is 5.70. The number of carbonyl (C=O) groups excluding carboxylic acids is 2. The van der Waals surface area contributed by atoms with Gasteiger partial charge in [-0.05, 0) is 51.4 Å². The molecule has 94 heavy (non-hydrogen) atoms. The molecule has 0 bridgehead atoms. The zero-order chi connectivity index (χ0) is 67.5. The van der Waals surface area contributed by atoms with Crippen LogP contribution in [0.4, 0.5) is 0 Å². The van der Waals surface area contributed by atoms with Gasteiger partial charge in [-0.2, -0.15) is 0 Å². The van der Waals surface area contributed by atoms with Crippen LogP contribution >= 0.6 is 0 Å². The molecule has 0 fully saturated rings. The lowest BCUT2D eigenvalue weighted by molar-refractivity contribution is -0.161. The van der Waals surface area contributed by atoms with Crippen LogP contribution in [0.25, 0.3) is 0 Å². The molecule has 1 unspecified atom stereocenters. The van der Waals surface area contributed by atoms with E-state index in [1.165, 1.54) is 405 Å². The molecule has 0 aromatic heterocycles. The molecule has 0 saturated carbocycles. The van der Waals surface area contributed by atoms with Crippen LogP contribution in [-0.4, -0.2) is 36.4 Å². The Labute approximate surface area is 589 Å². The molecule has 1 atom stereocenters. The predicted molar refractivity (Wildman–Crippen MR) is 417 cm³/mol. The second kappa shape index (κ2) is 85.1. The first-order chi connectivity index (χ1) is 46.6. The van der Waals surface area contributed by atoms with E-state index < -0.39 is 6.10 Å². The van der Waals surface area contributed by atoms with Crippen molar-refractivity contribution in [1.82, 2.24) is 0 Å². The molecule has 0 aromatic carbocycles. The highest BCUT2D eigenvalue weighted by atomic mass is 16.6. The van der Waals surface area contributed by atoms with E-state index in [0.29, 0.717) is 12.8 Å². The van der Waals surface area contributed by atoms with Gasteiger partial charge in [-0.3, -0.25) is 9.59 Å². The molecule has 0 aliphatic carbocycles. The Morgan fingerprint density at radius 1 is 0.255 bits per heavy atom. The van der Waals surface area contributed by atoms with Crippen LogP contribution < -0.4 is 0 Å². The summed E-state index contributed by atoms with van der Waals surface area (Å²) in [6, 6.07) is 0. The van der Waals surface area contributed by atoms with Crippen LogP contribution in [0.1, 0.15) is 489 Å². The molecule has 0 radical (unpaired) electrons. The Morgan fingerprint density at radius 3 is 0.691 bits per heavy atom. The van der Waals surface area contributed by atoms with Crippen LogP contribution in [0, 0.1) is 0 Å². The molecule has 0 aliphatic heterocycles. The summed E-state index contributed by atoms with van der Waals surface area (Å²) in [6.45, 7) is 4.11. The van der Waals surface area contributed by atoms with Crippen LogP contribution in [0.15, 0.2) is 48.6 Å². The molecule has 0 saturated heterocycles. The van der Waals surface area contributed by atoms with Crippen LogP contribution in [0.3, 0.4) is 0 Å². The Morgan fingerprint density at radius 2 is 0.457 bits per heavy atom. The number of rotatable bonds is 82. The highest BCUT2D eigenvalue weighted by Gasteiger charge is 2.16. The first kappa shape index (κ1) is 91.9. The number of unbranched alkanes of at least 4 members (excludes halogenated alkanes) is 66. The number of carbonyl (C=O) groups is 2. The third-order valence-electron chi connectivity index (χ3n) is 20.1. The topological polar surface area (TPSA) is 72.8 Å². The van der Waals surface area contributed by atoms with Crippen molar-refractivity contribution in [1.29, 1.82) is 0 Å². The van der Waals surface area contributed by atoms with Gasteiger partial charge in [0.15, 0.2) is 6.10 Å². The molecule has 0 spiro atoms. The minimum absolute atomic E-state index is 0.0578. The van der Waals surface area contributed by atoms with E-state index >= 15 is 0 Å². The van der Waals surface area contributed by atoms with Gasteiger partial charge in [0.2, 0.25) is 0 Å². The summed E-state index contributed by atoms with van der Waals surface area (Å²) in [7, 11) is 0. The van der Waals surface area contributed by atoms with Crippen molar-refractivity contribution in [2.45, 2.75) is 495 Å². The summed E-state index contributed by atoms with van der Waals surface area (Å²) in [5, 5.41) is 9.74. The fraction of sp³-hybridized carbons (Fsp3) is 0.888. The number of aliphatic hydroxyl groups excluding tert-OH is 1. The number of hydrogen-bond acceptors (Lipinski definition) is 5. The molecule has 5 heteroatoms. The summed E-state index contributed by atoms with van der Waals surface area (Å²) >= 11 is 0. The van der Waals surface area contributed by atoms with Gasteiger partial charge in [-0.15, -0.1) is 0 Å². The maximum absolute atomic E-state index is 12.4. The molecule has 0 rings (SSSR count). The molecule has 0 aliphatic rings. The average molecular weight is 1320 g/mol. The third-order valence-corrected chi connectivity index (χ3v) is 20.1. The van der Waals surface area contributed by atoms with Gasteiger partial charge in [-0.1, -0.05) is 473 Å². The van der Waals surface area contributed by atoms with Gasteiger partial charge < -0.3 is 14.6 Å². The van der Waals surface area contributed by atoms with Crippen molar-refractivity contribution in [3.05, 3.63) is 48.6 Å². The van der Waals surface area contributed by atoms with Gasteiger partial charge in [0.05, 0.1) is 6.61 Å². The van der Waals surface area contributed by atoms with E-state index in [1.54, 1.807) is 0 Å². The monoisotopic (exact) mass is 1320 g/mol. The van der Waals surface area contributed by atoms with Crippen LogP contribution in [0.5, 0.6) is 0 Å². The van der Waals surface area contributed by atoms with E-state index in [9.17, 15) is 14.7 Å². The number of aliphatic hydroxyl groups is 1. The summed E-state index contributed by atoms with van der Waals surface area (Å²) in [5.41, 5.74) is 0.